The summed E-state index contributed by atoms with van der Waals surface area (Å²) in [6.45, 7) is -0.0528. The molecule has 3 aromatic heterocycles. The molecule has 166 valence electrons. The van der Waals surface area contributed by atoms with Crippen molar-refractivity contribution in [3.8, 4) is 22.6 Å². The number of nitrogens with zero attached hydrogens (tertiary/aromatic N) is 5. The maximum absolute atomic E-state index is 13.0. The molecule has 5 rings (SSSR count). The van der Waals surface area contributed by atoms with Gasteiger partial charge in [-0.3, -0.25) is 4.79 Å². The molecule has 0 N–H and O–H groups in total. The lowest BCUT2D eigenvalue weighted by Gasteiger charge is -2.06. The van der Waals surface area contributed by atoms with E-state index in [1.165, 1.54) is 27.4 Å². The predicted molar refractivity (Wildman–Crippen MR) is 114 cm³/mol. The Balaban J connectivity index is 1.43. The second-order valence-electron chi connectivity index (χ2n) is 7.19. The van der Waals surface area contributed by atoms with E-state index in [2.05, 4.69) is 15.2 Å². The van der Waals surface area contributed by atoms with Gasteiger partial charge < -0.3 is 9.09 Å². The van der Waals surface area contributed by atoms with Crippen molar-refractivity contribution in [2.45, 2.75) is 12.7 Å². The van der Waals surface area contributed by atoms with Crippen LogP contribution in [-0.4, -0.2) is 24.3 Å². The van der Waals surface area contributed by atoms with Crippen molar-refractivity contribution in [2.24, 2.45) is 0 Å². The molecular weight excluding hydrogens is 459 g/mol. The van der Waals surface area contributed by atoms with E-state index < -0.39 is 11.7 Å². The molecule has 0 amide bonds. The molecule has 7 nitrogen and oxygen atoms in total. The van der Waals surface area contributed by atoms with Gasteiger partial charge >= 0.3 is 6.18 Å². The van der Waals surface area contributed by atoms with Crippen LogP contribution in [0.1, 0.15) is 11.5 Å². The van der Waals surface area contributed by atoms with Crippen molar-refractivity contribution >= 4 is 17.1 Å². The van der Waals surface area contributed by atoms with Gasteiger partial charge in [-0.1, -0.05) is 41.0 Å². The monoisotopic (exact) mass is 471 g/mol. The lowest BCUT2D eigenvalue weighted by molar-refractivity contribution is -0.137. The Hall–Kier alpha value is -3.92. The van der Waals surface area contributed by atoms with E-state index in [1.807, 2.05) is 0 Å². The van der Waals surface area contributed by atoms with E-state index in [0.29, 0.717) is 16.2 Å². The van der Waals surface area contributed by atoms with Crippen LogP contribution in [0.15, 0.2) is 76.3 Å². The van der Waals surface area contributed by atoms with Crippen molar-refractivity contribution in [2.75, 3.05) is 0 Å². The summed E-state index contributed by atoms with van der Waals surface area (Å²) in [4.78, 5) is 17.1. The number of alkyl halides is 3. The number of hydrogen-bond acceptors (Lipinski definition) is 5. The summed E-state index contributed by atoms with van der Waals surface area (Å²) in [5.41, 5.74) is 0.739. The lowest BCUT2D eigenvalue weighted by Crippen LogP contribution is -2.21. The van der Waals surface area contributed by atoms with Gasteiger partial charge in [0, 0.05) is 28.5 Å². The quantitative estimate of drug-likeness (QED) is 0.371. The van der Waals surface area contributed by atoms with Gasteiger partial charge in [0.05, 0.1) is 11.3 Å². The van der Waals surface area contributed by atoms with Crippen LogP contribution in [0.25, 0.3) is 28.2 Å². The highest BCUT2D eigenvalue weighted by atomic mass is 35.5. The van der Waals surface area contributed by atoms with Gasteiger partial charge in [0.15, 0.2) is 0 Å². The first kappa shape index (κ1) is 21.0. The second-order valence-corrected chi connectivity index (χ2v) is 7.62. The molecule has 0 radical (unpaired) electrons. The molecule has 0 fully saturated rings. The van der Waals surface area contributed by atoms with Crippen LogP contribution in [-0.2, 0) is 12.7 Å². The van der Waals surface area contributed by atoms with E-state index in [0.717, 1.165) is 17.7 Å². The first-order valence-corrected chi connectivity index (χ1v) is 10.0. The Morgan fingerprint density at radius 3 is 2.55 bits per heavy atom. The lowest BCUT2D eigenvalue weighted by atomic mass is 10.1. The summed E-state index contributed by atoms with van der Waals surface area (Å²) in [5.74, 6) is 0.0749. The van der Waals surface area contributed by atoms with E-state index in [-0.39, 0.29) is 29.4 Å². The maximum atomic E-state index is 13.0. The van der Waals surface area contributed by atoms with Crippen molar-refractivity contribution in [3.63, 3.8) is 0 Å². The molecule has 0 spiro atoms. The van der Waals surface area contributed by atoms with Crippen molar-refractivity contribution in [1.29, 1.82) is 0 Å². The number of halogens is 4. The van der Waals surface area contributed by atoms with Crippen LogP contribution in [0.4, 0.5) is 13.2 Å². The Labute approximate surface area is 188 Å². The smallest absolute Gasteiger partial charge is 0.337 e. The number of hydrogen-bond donors (Lipinski definition) is 0. The predicted octanol–water partition coefficient (Wildman–Crippen LogP) is 4.93. The zero-order valence-corrected chi connectivity index (χ0v) is 17.4. The van der Waals surface area contributed by atoms with Gasteiger partial charge in [0.2, 0.25) is 11.7 Å². The van der Waals surface area contributed by atoms with E-state index in [1.54, 1.807) is 36.5 Å². The fraction of sp³-hybridized carbons (Fsp3) is 0.0909. The van der Waals surface area contributed by atoms with Crippen molar-refractivity contribution < 1.29 is 17.7 Å². The molecule has 0 unspecified atom stereocenters. The number of benzene rings is 2. The van der Waals surface area contributed by atoms with Gasteiger partial charge in [-0.05, 0) is 30.3 Å². The molecule has 0 bridgehead atoms. The highest BCUT2D eigenvalue weighted by molar-refractivity contribution is 6.30. The third-order valence-electron chi connectivity index (χ3n) is 4.97. The first-order chi connectivity index (χ1) is 15.8. The molecule has 0 aliphatic rings. The number of rotatable bonds is 4. The Kier molecular flexibility index (Phi) is 5.01. The van der Waals surface area contributed by atoms with Crippen LogP contribution in [0, 0.1) is 0 Å². The molecule has 0 aliphatic carbocycles. The molecule has 0 atom stereocenters. The summed E-state index contributed by atoms with van der Waals surface area (Å²) in [6.07, 6.45) is -1.36. The topological polar surface area (TPSA) is 78.2 Å². The Morgan fingerprint density at radius 2 is 1.79 bits per heavy atom. The highest BCUT2D eigenvalue weighted by Crippen LogP contribution is 2.31. The molecule has 0 aliphatic heterocycles. The summed E-state index contributed by atoms with van der Waals surface area (Å²) < 4.78 is 46.9. The molecule has 0 saturated heterocycles. The molecule has 3 heterocycles. The zero-order valence-electron chi connectivity index (χ0n) is 16.6. The molecule has 0 saturated carbocycles. The standard InChI is InChI=1S/C22H13ClF3N5O2/c23-16-6-4-13(5-7-16)17-11-18-21(32)30(8-9-31(18)28-17)12-19-27-20(29-33-19)14-2-1-3-15(10-14)22(24,25)26/h1-11H,12H2. The Bertz CT molecular complexity index is 1520. The van der Waals surface area contributed by atoms with Crippen molar-refractivity contribution in [3.05, 3.63) is 93.8 Å². The average Bonchev–Trinajstić information content (AvgIpc) is 3.44. The minimum atomic E-state index is -4.48. The molecule has 2 aromatic carbocycles. The maximum Gasteiger partial charge on any atom is 0.416 e. The average molecular weight is 472 g/mol. The van der Waals surface area contributed by atoms with Gasteiger partial charge in [-0.15, -0.1) is 0 Å². The SMILES string of the molecule is O=c1c2cc(-c3ccc(Cl)cc3)nn2ccn1Cc1nc(-c2cccc(C(F)(F)F)c2)no1. The van der Waals surface area contributed by atoms with E-state index in [4.69, 9.17) is 16.1 Å². The normalized spacial score (nSPS) is 11.9. The van der Waals surface area contributed by atoms with E-state index in [9.17, 15) is 18.0 Å². The van der Waals surface area contributed by atoms with Gasteiger partial charge in [-0.25, -0.2) is 4.52 Å². The minimum absolute atomic E-state index is 0.000366. The first-order valence-electron chi connectivity index (χ1n) is 9.63. The largest absolute Gasteiger partial charge is 0.416 e. The van der Waals surface area contributed by atoms with Crippen LogP contribution < -0.4 is 5.56 Å². The molecular formula is C22H13ClF3N5O2. The minimum Gasteiger partial charge on any atom is -0.337 e. The number of aromatic nitrogens is 5. The zero-order chi connectivity index (χ0) is 23.2. The van der Waals surface area contributed by atoms with Crippen molar-refractivity contribution in [1.82, 2.24) is 24.3 Å². The van der Waals surface area contributed by atoms with Gasteiger partial charge in [0.1, 0.15) is 12.1 Å². The second kappa shape index (κ2) is 7.89. The summed E-state index contributed by atoms with van der Waals surface area (Å²) in [7, 11) is 0. The van der Waals surface area contributed by atoms with E-state index >= 15 is 0 Å². The molecule has 11 heteroatoms. The fourth-order valence-electron chi connectivity index (χ4n) is 3.33. The van der Waals surface area contributed by atoms with Gasteiger partial charge in [-0.2, -0.15) is 23.3 Å². The molecule has 33 heavy (non-hydrogen) atoms. The highest BCUT2D eigenvalue weighted by Gasteiger charge is 2.30. The number of fused-ring (bicyclic) bond motifs is 1. The third-order valence-corrected chi connectivity index (χ3v) is 5.22. The summed E-state index contributed by atoms with van der Waals surface area (Å²) in [6, 6.07) is 13.3. The van der Waals surface area contributed by atoms with Crippen LogP contribution >= 0.6 is 11.6 Å². The Morgan fingerprint density at radius 1 is 1.00 bits per heavy atom. The van der Waals surface area contributed by atoms with Crippen LogP contribution in [0.5, 0.6) is 0 Å². The fourth-order valence-corrected chi connectivity index (χ4v) is 3.46. The third kappa shape index (κ3) is 4.12. The van der Waals surface area contributed by atoms with Crippen LogP contribution in [0.3, 0.4) is 0 Å². The summed E-state index contributed by atoms with van der Waals surface area (Å²) in [5, 5.41) is 8.75. The van der Waals surface area contributed by atoms with Gasteiger partial charge in [0.25, 0.3) is 5.56 Å². The van der Waals surface area contributed by atoms with Crippen LogP contribution in [0.2, 0.25) is 5.02 Å². The summed E-state index contributed by atoms with van der Waals surface area (Å²) >= 11 is 5.92. The molecule has 5 aromatic rings.